The van der Waals surface area contributed by atoms with Gasteiger partial charge in [-0.15, -0.1) is 0 Å². The van der Waals surface area contributed by atoms with E-state index in [9.17, 15) is 0 Å². The Labute approximate surface area is 85.0 Å². The van der Waals surface area contributed by atoms with Crippen LogP contribution in [0.5, 0.6) is 0 Å². The van der Waals surface area contributed by atoms with E-state index in [4.69, 9.17) is 0 Å². The molecule has 1 N–H and O–H groups in total. The second kappa shape index (κ2) is 3.31. The van der Waals surface area contributed by atoms with Gasteiger partial charge in [0.25, 0.3) is 0 Å². The summed E-state index contributed by atoms with van der Waals surface area (Å²) in [5, 5.41) is 3.33. The first kappa shape index (κ1) is 9.59. The molecular weight excluding hydrogens is 174 g/mol. The van der Waals surface area contributed by atoms with Crippen LogP contribution in [0.3, 0.4) is 0 Å². The summed E-state index contributed by atoms with van der Waals surface area (Å²) in [7, 11) is 2.00. The molecule has 76 valence electrons. The molecule has 0 bridgehead atoms. The third-order valence-electron chi connectivity index (χ3n) is 2.93. The Bertz CT molecular complexity index is 333. The molecule has 3 nitrogen and oxygen atoms in total. The second-order valence-corrected chi connectivity index (χ2v) is 4.82. The summed E-state index contributed by atoms with van der Waals surface area (Å²) in [4.78, 5) is 8.46. The van der Waals surface area contributed by atoms with Crippen LogP contribution in [0.25, 0.3) is 0 Å². The lowest BCUT2D eigenvalue weighted by atomic mass is 9.74. The molecule has 1 aromatic heterocycles. The maximum atomic E-state index is 4.36. The Morgan fingerprint density at radius 1 is 1.50 bits per heavy atom. The number of rotatable bonds is 1. The van der Waals surface area contributed by atoms with E-state index in [1.165, 1.54) is 11.3 Å². The first-order valence-corrected chi connectivity index (χ1v) is 5.08. The zero-order valence-electron chi connectivity index (χ0n) is 9.04. The highest BCUT2D eigenvalue weighted by Crippen LogP contribution is 2.38. The molecule has 0 aliphatic heterocycles. The lowest BCUT2D eigenvalue weighted by Crippen LogP contribution is -2.32. The number of fused-ring (bicyclic) bond motifs is 1. The minimum absolute atomic E-state index is 0.353. The number of hydrogen-bond acceptors (Lipinski definition) is 3. The largest absolute Gasteiger partial charge is 0.312 e. The van der Waals surface area contributed by atoms with Crippen molar-refractivity contribution in [3.8, 4) is 0 Å². The van der Waals surface area contributed by atoms with Crippen molar-refractivity contribution >= 4 is 0 Å². The number of nitrogens with one attached hydrogen (secondary N) is 1. The van der Waals surface area contributed by atoms with Gasteiger partial charge in [0.1, 0.15) is 6.33 Å². The van der Waals surface area contributed by atoms with Crippen molar-refractivity contribution in [3.05, 3.63) is 23.8 Å². The van der Waals surface area contributed by atoms with Crippen molar-refractivity contribution < 1.29 is 0 Å². The Balaban J connectivity index is 2.41. The molecular formula is C11H17N3. The van der Waals surface area contributed by atoms with E-state index in [2.05, 4.69) is 29.1 Å². The fraction of sp³-hybridized carbons (Fsp3) is 0.636. The molecule has 0 saturated heterocycles. The quantitative estimate of drug-likeness (QED) is 0.734. The van der Waals surface area contributed by atoms with E-state index in [0.717, 1.165) is 12.8 Å². The van der Waals surface area contributed by atoms with E-state index < -0.39 is 0 Å². The van der Waals surface area contributed by atoms with Crippen molar-refractivity contribution in [1.29, 1.82) is 0 Å². The van der Waals surface area contributed by atoms with Crippen molar-refractivity contribution in [2.45, 2.75) is 32.7 Å². The van der Waals surface area contributed by atoms with Gasteiger partial charge in [-0.05, 0) is 30.9 Å². The number of nitrogens with zero attached hydrogens (tertiary/aromatic N) is 2. The molecule has 0 amide bonds. The fourth-order valence-electron chi connectivity index (χ4n) is 2.29. The van der Waals surface area contributed by atoms with Crippen LogP contribution in [0.15, 0.2) is 12.5 Å². The van der Waals surface area contributed by atoms with Crippen molar-refractivity contribution in [2.24, 2.45) is 5.41 Å². The molecule has 0 radical (unpaired) electrons. The molecule has 1 aliphatic rings. The molecule has 1 aliphatic carbocycles. The average molecular weight is 191 g/mol. The molecule has 0 aromatic carbocycles. The van der Waals surface area contributed by atoms with E-state index in [1.54, 1.807) is 6.33 Å². The van der Waals surface area contributed by atoms with Crippen LogP contribution in [-0.4, -0.2) is 17.0 Å². The first-order chi connectivity index (χ1) is 6.62. The zero-order chi connectivity index (χ0) is 10.2. The van der Waals surface area contributed by atoms with Gasteiger partial charge in [0.15, 0.2) is 0 Å². The van der Waals surface area contributed by atoms with E-state index >= 15 is 0 Å². The normalized spacial score (nSPS) is 24.4. The summed E-state index contributed by atoms with van der Waals surface area (Å²) >= 11 is 0. The summed E-state index contributed by atoms with van der Waals surface area (Å²) < 4.78 is 0. The summed E-state index contributed by atoms with van der Waals surface area (Å²) in [6.45, 7) is 4.60. The Hall–Kier alpha value is -0.960. The summed E-state index contributed by atoms with van der Waals surface area (Å²) in [5.41, 5.74) is 2.83. The molecule has 1 aromatic rings. The molecule has 0 spiro atoms. The third-order valence-corrected chi connectivity index (χ3v) is 2.93. The molecule has 1 atom stereocenters. The summed E-state index contributed by atoms with van der Waals surface area (Å²) in [5.74, 6) is 0. The van der Waals surface area contributed by atoms with Gasteiger partial charge in [-0.1, -0.05) is 13.8 Å². The van der Waals surface area contributed by atoms with Crippen molar-refractivity contribution in [1.82, 2.24) is 15.3 Å². The molecule has 14 heavy (non-hydrogen) atoms. The third kappa shape index (κ3) is 1.64. The number of hydrogen-bond donors (Lipinski definition) is 1. The maximum Gasteiger partial charge on any atom is 0.115 e. The predicted molar refractivity (Wildman–Crippen MR) is 55.9 cm³/mol. The lowest BCUT2D eigenvalue weighted by Gasteiger charge is -2.35. The smallest absolute Gasteiger partial charge is 0.115 e. The Kier molecular flexibility index (Phi) is 2.27. The van der Waals surface area contributed by atoms with Crippen LogP contribution in [-0.2, 0) is 6.42 Å². The van der Waals surface area contributed by atoms with Gasteiger partial charge in [0, 0.05) is 6.20 Å². The van der Waals surface area contributed by atoms with Gasteiger partial charge in [-0.3, -0.25) is 0 Å². The van der Waals surface area contributed by atoms with Gasteiger partial charge < -0.3 is 5.32 Å². The molecule has 1 unspecified atom stereocenters. The van der Waals surface area contributed by atoms with Crippen LogP contribution in [0.2, 0.25) is 0 Å². The van der Waals surface area contributed by atoms with E-state index in [-0.39, 0.29) is 0 Å². The van der Waals surface area contributed by atoms with Crippen molar-refractivity contribution in [3.63, 3.8) is 0 Å². The second-order valence-electron chi connectivity index (χ2n) is 4.82. The van der Waals surface area contributed by atoms with Gasteiger partial charge in [0.05, 0.1) is 11.7 Å². The van der Waals surface area contributed by atoms with Crippen LogP contribution in [0, 0.1) is 5.41 Å². The molecule has 1 heterocycles. The SMILES string of the molecule is CNC1CC(C)(C)Cc2cncnc21. The summed E-state index contributed by atoms with van der Waals surface area (Å²) in [6.07, 6.45) is 5.82. The molecule has 2 rings (SSSR count). The maximum absolute atomic E-state index is 4.36. The van der Waals surface area contributed by atoms with Crippen LogP contribution < -0.4 is 5.32 Å². The highest BCUT2D eigenvalue weighted by Gasteiger charge is 2.32. The highest BCUT2D eigenvalue weighted by atomic mass is 14.9. The first-order valence-electron chi connectivity index (χ1n) is 5.08. The standard InChI is InChI=1S/C11H17N3/c1-11(2)4-8-6-13-7-14-10(8)9(5-11)12-3/h6-7,9,12H,4-5H2,1-3H3. The van der Waals surface area contributed by atoms with Crippen LogP contribution in [0.1, 0.15) is 37.6 Å². The van der Waals surface area contributed by atoms with Gasteiger partial charge >= 0.3 is 0 Å². The molecule has 3 heteroatoms. The average Bonchev–Trinajstić information content (AvgIpc) is 2.15. The topological polar surface area (TPSA) is 37.8 Å². The molecule has 0 saturated carbocycles. The highest BCUT2D eigenvalue weighted by molar-refractivity contribution is 5.24. The van der Waals surface area contributed by atoms with E-state index in [0.29, 0.717) is 11.5 Å². The lowest BCUT2D eigenvalue weighted by molar-refractivity contribution is 0.260. The minimum Gasteiger partial charge on any atom is -0.312 e. The van der Waals surface area contributed by atoms with Gasteiger partial charge in [0.2, 0.25) is 0 Å². The van der Waals surface area contributed by atoms with Crippen molar-refractivity contribution in [2.75, 3.05) is 7.05 Å². The monoisotopic (exact) mass is 191 g/mol. The van der Waals surface area contributed by atoms with Crippen LogP contribution >= 0.6 is 0 Å². The minimum atomic E-state index is 0.353. The van der Waals surface area contributed by atoms with E-state index in [1.807, 2.05) is 13.2 Å². The zero-order valence-corrected chi connectivity index (χ0v) is 9.04. The Morgan fingerprint density at radius 3 is 3.00 bits per heavy atom. The summed E-state index contributed by atoms with van der Waals surface area (Å²) in [6, 6.07) is 0.386. The van der Waals surface area contributed by atoms with Gasteiger partial charge in [-0.2, -0.15) is 0 Å². The van der Waals surface area contributed by atoms with Gasteiger partial charge in [-0.25, -0.2) is 9.97 Å². The molecule has 0 fully saturated rings. The number of aromatic nitrogens is 2. The van der Waals surface area contributed by atoms with Crippen LogP contribution in [0.4, 0.5) is 0 Å². The predicted octanol–water partition coefficient (Wildman–Crippen LogP) is 1.71. The Morgan fingerprint density at radius 2 is 2.29 bits per heavy atom. The fourth-order valence-corrected chi connectivity index (χ4v) is 2.29.